The first-order chi connectivity index (χ1) is 7.16. The zero-order chi connectivity index (χ0) is 10.8. The summed E-state index contributed by atoms with van der Waals surface area (Å²) in [6, 6.07) is 1.76. The van der Waals surface area contributed by atoms with Crippen LogP contribution in [0.1, 0.15) is 10.4 Å². The third-order valence-corrected chi connectivity index (χ3v) is 3.27. The number of carbonyl (C=O) groups excluding carboxylic acids is 1. The second-order valence-electron chi connectivity index (χ2n) is 2.80. The number of aryl methyl sites for hydroxylation is 1. The van der Waals surface area contributed by atoms with Crippen LogP contribution in [0, 0.1) is 0 Å². The fraction of sp³-hybridized carbons (Fsp3) is 0.125. The standard InChI is InChI=1S/C8H7BrN4OS/c1-13-8(10-4-11-13)12-7(14)5-2-6(9)15-3-5/h2-4H,1H3,(H,10,11,12,14). The molecule has 0 saturated heterocycles. The summed E-state index contributed by atoms with van der Waals surface area (Å²) >= 11 is 4.76. The quantitative estimate of drug-likeness (QED) is 0.917. The fourth-order valence-electron chi connectivity index (χ4n) is 1.01. The molecule has 0 fully saturated rings. The Bertz CT molecular complexity index is 492. The average molecular weight is 287 g/mol. The van der Waals surface area contributed by atoms with Crippen LogP contribution < -0.4 is 5.32 Å². The molecule has 0 aliphatic heterocycles. The highest BCUT2D eigenvalue weighted by atomic mass is 79.9. The Hall–Kier alpha value is -1.21. The van der Waals surface area contributed by atoms with Crippen LogP contribution in [0.25, 0.3) is 0 Å². The molecule has 0 spiro atoms. The van der Waals surface area contributed by atoms with Gasteiger partial charge in [-0.3, -0.25) is 10.1 Å². The first-order valence-electron chi connectivity index (χ1n) is 4.06. The Morgan fingerprint density at radius 2 is 2.47 bits per heavy atom. The van der Waals surface area contributed by atoms with Gasteiger partial charge in [0.15, 0.2) is 0 Å². The van der Waals surface area contributed by atoms with E-state index in [1.54, 1.807) is 18.5 Å². The molecule has 0 aliphatic carbocycles. The van der Waals surface area contributed by atoms with E-state index in [0.29, 0.717) is 11.5 Å². The maximum absolute atomic E-state index is 11.7. The fourth-order valence-corrected chi connectivity index (χ4v) is 2.15. The highest BCUT2D eigenvalue weighted by Gasteiger charge is 2.10. The predicted octanol–water partition coefficient (Wildman–Crippen LogP) is 1.89. The van der Waals surface area contributed by atoms with Gasteiger partial charge in [0.2, 0.25) is 5.95 Å². The Morgan fingerprint density at radius 3 is 3.00 bits per heavy atom. The van der Waals surface area contributed by atoms with Gasteiger partial charge < -0.3 is 0 Å². The van der Waals surface area contributed by atoms with Crippen molar-refractivity contribution >= 4 is 39.1 Å². The highest BCUT2D eigenvalue weighted by Crippen LogP contribution is 2.21. The summed E-state index contributed by atoms with van der Waals surface area (Å²) in [6.07, 6.45) is 1.39. The molecule has 7 heteroatoms. The molecule has 1 N–H and O–H groups in total. The number of nitrogens with one attached hydrogen (secondary N) is 1. The first-order valence-corrected chi connectivity index (χ1v) is 5.73. The molecular weight excluding hydrogens is 280 g/mol. The van der Waals surface area contributed by atoms with Gasteiger partial charge in [-0.05, 0) is 22.0 Å². The number of aromatic nitrogens is 3. The van der Waals surface area contributed by atoms with Crippen LogP contribution in [0.4, 0.5) is 5.95 Å². The number of hydrogen-bond acceptors (Lipinski definition) is 4. The lowest BCUT2D eigenvalue weighted by atomic mass is 10.3. The molecule has 0 bridgehead atoms. The molecule has 2 aromatic rings. The Morgan fingerprint density at radius 1 is 1.67 bits per heavy atom. The van der Waals surface area contributed by atoms with E-state index in [-0.39, 0.29) is 5.91 Å². The minimum absolute atomic E-state index is 0.187. The van der Waals surface area contributed by atoms with Crippen molar-refractivity contribution in [1.82, 2.24) is 14.8 Å². The monoisotopic (exact) mass is 286 g/mol. The molecule has 15 heavy (non-hydrogen) atoms. The van der Waals surface area contributed by atoms with Crippen molar-refractivity contribution < 1.29 is 4.79 Å². The molecule has 0 aliphatic rings. The summed E-state index contributed by atoms with van der Waals surface area (Å²) in [5.74, 6) is 0.246. The Labute approximate surface area is 98.3 Å². The summed E-state index contributed by atoms with van der Waals surface area (Å²) in [5, 5.41) is 8.28. The molecule has 2 heterocycles. The maximum Gasteiger partial charge on any atom is 0.258 e. The molecular formula is C8H7BrN4OS. The molecule has 78 valence electrons. The number of nitrogens with zero attached hydrogens (tertiary/aromatic N) is 3. The van der Waals surface area contributed by atoms with Gasteiger partial charge in [-0.1, -0.05) is 0 Å². The summed E-state index contributed by atoms with van der Waals surface area (Å²) in [4.78, 5) is 15.6. The van der Waals surface area contributed by atoms with Gasteiger partial charge in [0.05, 0.1) is 9.35 Å². The zero-order valence-corrected chi connectivity index (χ0v) is 10.2. The van der Waals surface area contributed by atoms with Gasteiger partial charge in [0, 0.05) is 12.4 Å². The van der Waals surface area contributed by atoms with Crippen molar-refractivity contribution in [3.8, 4) is 0 Å². The summed E-state index contributed by atoms with van der Waals surface area (Å²) in [6.45, 7) is 0. The summed E-state index contributed by atoms with van der Waals surface area (Å²) < 4.78 is 2.42. The smallest absolute Gasteiger partial charge is 0.258 e. The van der Waals surface area contributed by atoms with Crippen LogP contribution in [0.2, 0.25) is 0 Å². The number of amides is 1. The van der Waals surface area contributed by atoms with E-state index in [2.05, 4.69) is 31.3 Å². The number of halogens is 1. The van der Waals surface area contributed by atoms with Crippen LogP contribution in [0.5, 0.6) is 0 Å². The molecule has 2 rings (SSSR count). The molecule has 0 saturated carbocycles. The van der Waals surface area contributed by atoms with Crippen molar-refractivity contribution in [3.63, 3.8) is 0 Å². The van der Waals surface area contributed by atoms with Crippen LogP contribution in [0.15, 0.2) is 21.6 Å². The van der Waals surface area contributed by atoms with Gasteiger partial charge >= 0.3 is 0 Å². The largest absolute Gasteiger partial charge is 0.291 e. The van der Waals surface area contributed by atoms with Gasteiger partial charge in [-0.25, -0.2) is 4.68 Å². The van der Waals surface area contributed by atoms with Crippen LogP contribution in [-0.2, 0) is 7.05 Å². The Kier molecular flexibility index (Phi) is 2.83. The minimum atomic E-state index is -0.187. The van der Waals surface area contributed by atoms with E-state index < -0.39 is 0 Å². The summed E-state index contributed by atoms with van der Waals surface area (Å²) in [5.41, 5.74) is 0.606. The number of anilines is 1. The molecule has 0 atom stereocenters. The van der Waals surface area contributed by atoms with Gasteiger partial charge in [-0.15, -0.1) is 11.3 Å². The van der Waals surface area contributed by atoms with Crippen molar-refractivity contribution in [1.29, 1.82) is 0 Å². The van der Waals surface area contributed by atoms with Crippen molar-refractivity contribution in [3.05, 3.63) is 27.1 Å². The lowest BCUT2D eigenvalue weighted by Crippen LogP contribution is -2.14. The van der Waals surface area contributed by atoms with E-state index in [9.17, 15) is 4.79 Å². The van der Waals surface area contributed by atoms with E-state index in [0.717, 1.165) is 3.79 Å². The predicted molar refractivity (Wildman–Crippen MR) is 61.0 cm³/mol. The SMILES string of the molecule is Cn1ncnc1NC(=O)c1csc(Br)c1. The van der Waals surface area contributed by atoms with Crippen molar-refractivity contribution in [2.75, 3.05) is 5.32 Å². The second kappa shape index (κ2) is 4.11. The molecule has 0 aromatic carbocycles. The normalized spacial score (nSPS) is 10.3. The number of hydrogen-bond donors (Lipinski definition) is 1. The van der Waals surface area contributed by atoms with Crippen LogP contribution >= 0.6 is 27.3 Å². The third-order valence-electron chi connectivity index (χ3n) is 1.77. The number of rotatable bonds is 2. The second-order valence-corrected chi connectivity index (χ2v) is 5.09. The van der Waals surface area contributed by atoms with Gasteiger partial charge in [0.25, 0.3) is 5.91 Å². The molecule has 1 amide bonds. The molecule has 0 radical (unpaired) electrons. The topological polar surface area (TPSA) is 59.8 Å². The van der Waals surface area contributed by atoms with E-state index >= 15 is 0 Å². The summed E-state index contributed by atoms with van der Waals surface area (Å²) in [7, 11) is 1.71. The van der Waals surface area contributed by atoms with Crippen LogP contribution in [-0.4, -0.2) is 20.7 Å². The minimum Gasteiger partial charge on any atom is -0.291 e. The first kappa shape index (κ1) is 10.3. The number of thiophene rings is 1. The molecule has 2 aromatic heterocycles. The highest BCUT2D eigenvalue weighted by molar-refractivity contribution is 9.11. The van der Waals surface area contributed by atoms with E-state index in [1.165, 1.54) is 22.3 Å². The lowest BCUT2D eigenvalue weighted by Gasteiger charge is -2.00. The van der Waals surface area contributed by atoms with E-state index in [4.69, 9.17) is 0 Å². The van der Waals surface area contributed by atoms with Crippen LogP contribution in [0.3, 0.4) is 0 Å². The van der Waals surface area contributed by atoms with Crippen molar-refractivity contribution in [2.45, 2.75) is 0 Å². The average Bonchev–Trinajstić information content (AvgIpc) is 2.77. The molecule has 0 unspecified atom stereocenters. The van der Waals surface area contributed by atoms with E-state index in [1.807, 2.05) is 0 Å². The van der Waals surface area contributed by atoms with Gasteiger partial charge in [-0.2, -0.15) is 10.1 Å². The lowest BCUT2D eigenvalue weighted by molar-refractivity contribution is 0.102. The Balaban J connectivity index is 2.14. The van der Waals surface area contributed by atoms with Gasteiger partial charge in [0.1, 0.15) is 6.33 Å². The maximum atomic E-state index is 11.7. The molecule has 5 nitrogen and oxygen atoms in total. The van der Waals surface area contributed by atoms with Crippen molar-refractivity contribution in [2.24, 2.45) is 7.05 Å². The zero-order valence-electron chi connectivity index (χ0n) is 7.77. The number of carbonyl (C=O) groups is 1. The third kappa shape index (κ3) is 2.24.